The number of nitrogens with one attached hydrogen (secondary N) is 2. The SMILES string of the molecule is CCNC(=NCc1ccccc1C)NCCn1cccn1.I. The minimum absolute atomic E-state index is 0. The van der Waals surface area contributed by atoms with E-state index in [0.717, 1.165) is 25.6 Å². The maximum absolute atomic E-state index is 4.63. The highest BCUT2D eigenvalue weighted by atomic mass is 127. The first-order valence-electron chi connectivity index (χ1n) is 7.33. The van der Waals surface area contributed by atoms with Crippen LogP contribution < -0.4 is 10.6 Å². The molecule has 2 N–H and O–H groups in total. The lowest BCUT2D eigenvalue weighted by Gasteiger charge is -2.11. The first kappa shape index (κ1) is 18.5. The van der Waals surface area contributed by atoms with Crippen LogP contribution in [0.4, 0.5) is 0 Å². The molecular formula is C16H24IN5. The Morgan fingerprint density at radius 1 is 1.23 bits per heavy atom. The van der Waals surface area contributed by atoms with Gasteiger partial charge in [-0.15, -0.1) is 24.0 Å². The Kier molecular flexibility index (Phi) is 8.57. The van der Waals surface area contributed by atoms with Crippen LogP contribution in [0, 0.1) is 6.92 Å². The average Bonchev–Trinajstić information content (AvgIpc) is 2.99. The van der Waals surface area contributed by atoms with Crippen LogP contribution in [-0.4, -0.2) is 28.8 Å². The average molecular weight is 413 g/mol. The highest BCUT2D eigenvalue weighted by Crippen LogP contribution is 2.07. The van der Waals surface area contributed by atoms with E-state index in [4.69, 9.17) is 0 Å². The summed E-state index contributed by atoms with van der Waals surface area (Å²) in [5, 5.41) is 10.8. The molecule has 0 fully saturated rings. The van der Waals surface area contributed by atoms with E-state index in [1.54, 1.807) is 6.20 Å². The molecule has 0 unspecified atom stereocenters. The molecule has 0 saturated carbocycles. The molecule has 6 heteroatoms. The number of hydrogen-bond donors (Lipinski definition) is 2. The van der Waals surface area contributed by atoms with Crippen molar-refractivity contribution in [2.45, 2.75) is 26.9 Å². The van der Waals surface area contributed by atoms with Gasteiger partial charge < -0.3 is 10.6 Å². The molecule has 0 aliphatic carbocycles. The van der Waals surface area contributed by atoms with Gasteiger partial charge in [-0.1, -0.05) is 24.3 Å². The maximum Gasteiger partial charge on any atom is 0.191 e. The van der Waals surface area contributed by atoms with Gasteiger partial charge in [-0.25, -0.2) is 4.99 Å². The summed E-state index contributed by atoms with van der Waals surface area (Å²) < 4.78 is 1.90. The Morgan fingerprint density at radius 2 is 2.05 bits per heavy atom. The maximum atomic E-state index is 4.63. The van der Waals surface area contributed by atoms with E-state index < -0.39 is 0 Å². The third kappa shape index (κ3) is 6.05. The summed E-state index contributed by atoms with van der Waals surface area (Å²) >= 11 is 0. The summed E-state index contributed by atoms with van der Waals surface area (Å²) in [5.74, 6) is 0.841. The highest BCUT2D eigenvalue weighted by molar-refractivity contribution is 14.0. The number of aryl methyl sites for hydroxylation is 1. The number of aromatic nitrogens is 2. The Balaban J connectivity index is 0.00000242. The van der Waals surface area contributed by atoms with Crippen molar-refractivity contribution in [2.24, 2.45) is 4.99 Å². The Morgan fingerprint density at radius 3 is 2.73 bits per heavy atom. The second kappa shape index (κ2) is 10.2. The van der Waals surface area contributed by atoms with Crippen molar-refractivity contribution in [3.8, 4) is 0 Å². The van der Waals surface area contributed by atoms with E-state index in [1.807, 2.05) is 16.9 Å². The predicted octanol–water partition coefficient (Wildman–Crippen LogP) is 2.56. The smallest absolute Gasteiger partial charge is 0.191 e. The summed E-state index contributed by atoms with van der Waals surface area (Å²) in [4.78, 5) is 4.63. The number of benzene rings is 1. The molecule has 0 atom stereocenters. The molecule has 120 valence electrons. The number of halogens is 1. The fourth-order valence-electron chi connectivity index (χ4n) is 2.02. The van der Waals surface area contributed by atoms with Gasteiger partial charge in [0.25, 0.3) is 0 Å². The van der Waals surface area contributed by atoms with E-state index in [-0.39, 0.29) is 24.0 Å². The molecule has 0 aliphatic heterocycles. The Hall–Kier alpha value is -1.57. The summed E-state index contributed by atoms with van der Waals surface area (Å²) in [7, 11) is 0. The van der Waals surface area contributed by atoms with E-state index in [9.17, 15) is 0 Å². The fraction of sp³-hybridized carbons (Fsp3) is 0.375. The Bertz CT molecular complexity index is 566. The summed E-state index contributed by atoms with van der Waals surface area (Å²) in [6.45, 7) is 7.33. The number of nitrogens with zero attached hydrogens (tertiary/aromatic N) is 3. The number of aliphatic imine (C=N–C) groups is 1. The van der Waals surface area contributed by atoms with Crippen LogP contribution in [0.2, 0.25) is 0 Å². The molecule has 1 aromatic heterocycles. The molecule has 1 aromatic carbocycles. The van der Waals surface area contributed by atoms with Gasteiger partial charge in [0.2, 0.25) is 0 Å². The molecule has 0 spiro atoms. The predicted molar refractivity (Wildman–Crippen MR) is 102 cm³/mol. The van der Waals surface area contributed by atoms with Gasteiger partial charge in [0.05, 0.1) is 13.1 Å². The normalized spacial score (nSPS) is 10.9. The van der Waals surface area contributed by atoms with Gasteiger partial charge in [-0.05, 0) is 31.0 Å². The molecule has 5 nitrogen and oxygen atoms in total. The van der Waals surface area contributed by atoms with Gasteiger partial charge >= 0.3 is 0 Å². The molecule has 1 heterocycles. The molecule has 2 aromatic rings. The van der Waals surface area contributed by atoms with Gasteiger partial charge in [0.1, 0.15) is 0 Å². The Labute approximate surface area is 149 Å². The van der Waals surface area contributed by atoms with Crippen LogP contribution in [0.1, 0.15) is 18.1 Å². The van der Waals surface area contributed by atoms with Crippen LogP contribution in [0.15, 0.2) is 47.7 Å². The van der Waals surface area contributed by atoms with Crippen molar-refractivity contribution in [1.29, 1.82) is 0 Å². The molecular weight excluding hydrogens is 389 g/mol. The molecule has 0 radical (unpaired) electrons. The lowest BCUT2D eigenvalue weighted by Crippen LogP contribution is -2.38. The zero-order valence-electron chi connectivity index (χ0n) is 13.1. The van der Waals surface area contributed by atoms with Crippen LogP contribution in [0.5, 0.6) is 0 Å². The van der Waals surface area contributed by atoms with E-state index in [2.05, 4.69) is 58.8 Å². The van der Waals surface area contributed by atoms with Gasteiger partial charge in [0.15, 0.2) is 5.96 Å². The van der Waals surface area contributed by atoms with E-state index in [1.165, 1.54) is 11.1 Å². The number of guanidine groups is 1. The fourth-order valence-corrected chi connectivity index (χ4v) is 2.02. The second-order valence-electron chi connectivity index (χ2n) is 4.82. The molecule has 22 heavy (non-hydrogen) atoms. The number of hydrogen-bond acceptors (Lipinski definition) is 2. The van der Waals surface area contributed by atoms with Crippen LogP contribution in [0.25, 0.3) is 0 Å². The highest BCUT2D eigenvalue weighted by Gasteiger charge is 1.99. The molecule has 0 bridgehead atoms. The third-order valence-corrected chi connectivity index (χ3v) is 3.21. The van der Waals surface area contributed by atoms with E-state index in [0.29, 0.717) is 6.54 Å². The monoisotopic (exact) mass is 413 g/mol. The van der Waals surface area contributed by atoms with Crippen molar-refractivity contribution in [2.75, 3.05) is 13.1 Å². The quantitative estimate of drug-likeness (QED) is 0.435. The topological polar surface area (TPSA) is 54.2 Å². The van der Waals surface area contributed by atoms with Gasteiger partial charge in [-0.2, -0.15) is 5.10 Å². The minimum Gasteiger partial charge on any atom is -0.357 e. The lowest BCUT2D eigenvalue weighted by molar-refractivity contribution is 0.598. The molecule has 2 rings (SSSR count). The van der Waals surface area contributed by atoms with Gasteiger partial charge in [0, 0.05) is 25.5 Å². The van der Waals surface area contributed by atoms with Crippen LogP contribution >= 0.6 is 24.0 Å². The zero-order valence-corrected chi connectivity index (χ0v) is 15.5. The van der Waals surface area contributed by atoms with Gasteiger partial charge in [-0.3, -0.25) is 4.68 Å². The summed E-state index contributed by atoms with van der Waals surface area (Å²) in [6, 6.07) is 10.3. The second-order valence-corrected chi connectivity index (χ2v) is 4.82. The molecule has 0 amide bonds. The standard InChI is InChI=1S/C16H23N5.HI/c1-3-17-16(18-10-12-21-11-6-9-20-21)19-13-15-8-5-4-7-14(15)2;/h4-9,11H,3,10,12-13H2,1-2H3,(H2,17,18,19);1H. The first-order chi connectivity index (χ1) is 10.3. The first-order valence-corrected chi connectivity index (χ1v) is 7.33. The zero-order chi connectivity index (χ0) is 14.9. The number of rotatable bonds is 6. The third-order valence-electron chi connectivity index (χ3n) is 3.21. The lowest BCUT2D eigenvalue weighted by atomic mass is 10.1. The molecule has 0 aliphatic rings. The van der Waals surface area contributed by atoms with Crippen molar-refractivity contribution in [3.63, 3.8) is 0 Å². The summed E-state index contributed by atoms with van der Waals surface area (Å²) in [5.41, 5.74) is 2.52. The van der Waals surface area contributed by atoms with Crippen molar-refractivity contribution in [1.82, 2.24) is 20.4 Å². The van der Waals surface area contributed by atoms with Crippen molar-refractivity contribution >= 4 is 29.9 Å². The van der Waals surface area contributed by atoms with Crippen LogP contribution in [0.3, 0.4) is 0 Å². The van der Waals surface area contributed by atoms with E-state index >= 15 is 0 Å². The minimum atomic E-state index is 0. The van der Waals surface area contributed by atoms with Crippen molar-refractivity contribution in [3.05, 3.63) is 53.9 Å². The van der Waals surface area contributed by atoms with Crippen LogP contribution in [-0.2, 0) is 13.1 Å². The molecule has 0 saturated heterocycles. The largest absolute Gasteiger partial charge is 0.357 e. The summed E-state index contributed by atoms with van der Waals surface area (Å²) in [6.07, 6.45) is 3.75. The van der Waals surface area contributed by atoms with Crippen molar-refractivity contribution < 1.29 is 0 Å².